The Bertz CT molecular complexity index is 998. The topological polar surface area (TPSA) is 84.2 Å². The Balaban J connectivity index is 1.51. The molecule has 2 aromatic carbocycles. The smallest absolute Gasteiger partial charge is 0.303 e. The van der Waals surface area contributed by atoms with Gasteiger partial charge in [0.25, 0.3) is 0 Å². The van der Waals surface area contributed by atoms with Gasteiger partial charge in [0.15, 0.2) is 0 Å². The molecule has 0 saturated carbocycles. The predicted molar refractivity (Wildman–Crippen MR) is 113 cm³/mol. The van der Waals surface area contributed by atoms with Gasteiger partial charge in [0.2, 0.25) is 5.91 Å². The van der Waals surface area contributed by atoms with Gasteiger partial charge < -0.3 is 10.4 Å². The minimum Gasteiger partial charge on any atom is -0.481 e. The number of benzene rings is 2. The highest BCUT2D eigenvalue weighted by Crippen LogP contribution is 2.25. The lowest BCUT2D eigenvalue weighted by Crippen LogP contribution is -2.27. The fourth-order valence-electron chi connectivity index (χ4n) is 3.43. The van der Waals surface area contributed by atoms with Crippen molar-refractivity contribution in [2.45, 2.75) is 38.6 Å². The molecule has 0 saturated heterocycles. The van der Waals surface area contributed by atoms with Crippen LogP contribution in [-0.4, -0.2) is 33.3 Å². The molecular formula is C22H24ClN3O3. The highest BCUT2D eigenvalue weighted by Gasteiger charge is 2.19. The molecule has 1 atom stereocenters. The van der Waals surface area contributed by atoms with E-state index in [0.29, 0.717) is 18.1 Å². The SMILES string of the molecule is Cc1cccc2c1cnn2CCCNC(=O)CC(CC(=O)O)c1ccc(Cl)cc1. The summed E-state index contributed by atoms with van der Waals surface area (Å²) in [5.41, 5.74) is 3.07. The van der Waals surface area contributed by atoms with E-state index in [0.717, 1.165) is 22.9 Å². The van der Waals surface area contributed by atoms with Gasteiger partial charge >= 0.3 is 5.97 Å². The Morgan fingerprint density at radius 1 is 1.17 bits per heavy atom. The van der Waals surface area contributed by atoms with Crippen molar-refractivity contribution >= 4 is 34.4 Å². The second kappa shape index (κ2) is 9.56. The molecule has 3 rings (SSSR count). The van der Waals surface area contributed by atoms with Crippen LogP contribution >= 0.6 is 11.6 Å². The van der Waals surface area contributed by atoms with Crippen molar-refractivity contribution in [2.24, 2.45) is 0 Å². The van der Waals surface area contributed by atoms with Crippen LogP contribution in [0.4, 0.5) is 0 Å². The van der Waals surface area contributed by atoms with E-state index in [9.17, 15) is 14.7 Å². The molecule has 0 aliphatic carbocycles. The monoisotopic (exact) mass is 413 g/mol. The van der Waals surface area contributed by atoms with Crippen molar-refractivity contribution in [2.75, 3.05) is 6.54 Å². The third kappa shape index (κ3) is 5.57. The number of hydrogen-bond acceptors (Lipinski definition) is 3. The summed E-state index contributed by atoms with van der Waals surface area (Å²) in [7, 11) is 0. The fraction of sp³-hybridized carbons (Fsp3) is 0.318. The Hall–Kier alpha value is -2.86. The molecule has 6 nitrogen and oxygen atoms in total. The molecule has 1 heterocycles. The van der Waals surface area contributed by atoms with Gasteiger partial charge in [0, 0.05) is 35.8 Å². The van der Waals surface area contributed by atoms with Crippen LogP contribution in [0, 0.1) is 6.92 Å². The van der Waals surface area contributed by atoms with Gasteiger partial charge in [-0.2, -0.15) is 5.10 Å². The summed E-state index contributed by atoms with van der Waals surface area (Å²) in [6.07, 6.45) is 2.62. The number of aryl methyl sites for hydroxylation is 2. The van der Waals surface area contributed by atoms with Crippen molar-refractivity contribution in [1.29, 1.82) is 0 Å². The van der Waals surface area contributed by atoms with Crippen molar-refractivity contribution in [3.63, 3.8) is 0 Å². The Morgan fingerprint density at radius 3 is 2.66 bits per heavy atom. The number of aromatic nitrogens is 2. The van der Waals surface area contributed by atoms with Gasteiger partial charge in [0.05, 0.1) is 18.1 Å². The number of carbonyl (C=O) groups is 2. The number of amides is 1. The first-order chi connectivity index (χ1) is 13.9. The third-order valence-corrected chi connectivity index (χ3v) is 5.22. The molecule has 0 radical (unpaired) electrons. The summed E-state index contributed by atoms with van der Waals surface area (Å²) >= 11 is 5.90. The first-order valence-corrected chi connectivity index (χ1v) is 9.97. The zero-order chi connectivity index (χ0) is 20.8. The maximum atomic E-state index is 12.3. The maximum absolute atomic E-state index is 12.3. The molecule has 0 aliphatic rings. The van der Waals surface area contributed by atoms with E-state index in [4.69, 9.17) is 11.6 Å². The van der Waals surface area contributed by atoms with Gasteiger partial charge in [-0.1, -0.05) is 35.9 Å². The number of nitrogens with one attached hydrogen (secondary N) is 1. The van der Waals surface area contributed by atoms with E-state index >= 15 is 0 Å². The molecule has 0 fully saturated rings. The van der Waals surface area contributed by atoms with E-state index in [-0.39, 0.29) is 24.7 Å². The number of carbonyl (C=O) groups excluding carboxylic acids is 1. The van der Waals surface area contributed by atoms with Gasteiger partial charge in [-0.05, 0) is 42.7 Å². The van der Waals surface area contributed by atoms with Crippen molar-refractivity contribution in [3.05, 3.63) is 64.8 Å². The van der Waals surface area contributed by atoms with E-state index in [2.05, 4.69) is 23.4 Å². The summed E-state index contributed by atoms with van der Waals surface area (Å²) in [5.74, 6) is -1.48. The number of nitrogens with zero attached hydrogens (tertiary/aromatic N) is 2. The average Bonchev–Trinajstić information content (AvgIpc) is 3.09. The maximum Gasteiger partial charge on any atom is 0.303 e. The standard InChI is InChI=1S/C22H24ClN3O3/c1-15-4-2-5-20-19(15)14-25-26(20)11-3-10-24-21(27)12-17(13-22(28)29)16-6-8-18(23)9-7-16/h2,4-9,14,17H,3,10-13H2,1H3,(H,24,27)(H,28,29). The minimum atomic E-state index is -0.932. The highest BCUT2D eigenvalue weighted by atomic mass is 35.5. The fourth-order valence-corrected chi connectivity index (χ4v) is 3.56. The lowest BCUT2D eigenvalue weighted by atomic mass is 9.92. The van der Waals surface area contributed by atoms with Gasteiger partial charge in [-0.25, -0.2) is 0 Å². The van der Waals surface area contributed by atoms with Crippen LogP contribution in [0.1, 0.15) is 36.3 Å². The van der Waals surface area contributed by atoms with E-state index in [1.165, 1.54) is 5.56 Å². The summed E-state index contributed by atoms with van der Waals surface area (Å²) in [6.45, 7) is 3.26. The molecule has 2 N–H and O–H groups in total. The number of carboxylic acids is 1. The lowest BCUT2D eigenvalue weighted by Gasteiger charge is -2.15. The number of hydrogen-bond donors (Lipinski definition) is 2. The van der Waals surface area contributed by atoms with Crippen LogP contribution in [0.25, 0.3) is 10.9 Å². The molecule has 1 unspecified atom stereocenters. The number of carboxylic acid groups (broad SMARTS) is 1. The number of rotatable bonds is 9. The minimum absolute atomic E-state index is 0.103. The number of aliphatic carboxylic acids is 1. The first-order valence-electron chi connectivity index (χ1n) is 9.59. The average molecular weight is 414 g/mol. The van der Waals surface area contributed by atoms with Crippen LogP contribution < -0.4 is 5.32 Å². The Kier molecular flexibility index (Phi) is 6.88. The second-order valence-electron chi connectivity index (χ2n) is 7.13. The molecule has 0 bridgehead atoms. The molecule has 3 aromatic rings. The Morgan fingerprint density at radius 2 is 1.93 bits per heavy atom. The quantitative estimate of drug-likeness (QED) is 0.516. The first kappa shape index (κ1) is 20.9. The molecule has 0 aliphatic heterocycles. The van der Waals surface area contributed by atoms with Crippen molar-refractivity contribution in [1.82, 2.24) is 15.1 Å². The molecule has 0 spiro atoms. The summed E-state index contributed by atoms with van der Waals surface area (Å²) in [5, 5.41) is 18.2. The Labute approximate surface area is 174 Å². The molecular weight excluding hydrogens is 390 g/mol. The van der Waals surface area contributed by atoms with Crippen LogP contribution in [0.2, 0.25) is 5.02 Å². The predicted octanol–water partition coefficient (Wildman–Crippen LogP) is 4.15. The molecule has 152 valence electrons. The molecule has 7 heteroatoms. The normalized spacial score (nSPS) is 12.1. The van der Waals surface area contributed by atoms with Crippen LogP contribution in [0.5, 0.6) is 0 Å². The largest absolute Gasteiger partial charge is 0.481 e. The number of halogens is 1. The van der Waals surface area contributed by atoms with E-state index in [1.54, 1.807) is 24.3 Å². The van der Waals surface area contributed by atoms with Crippen LogP contribution in [0.3, 0.4) is 0 Å². The van der Waals surface area contributed by atoms with Gasteiger partial charge in [0.1, 0.15) is 0 Å². The number of fused-ring (bicyclic) bond motifs is 1. The molecule has 1 amide bonds. The molecule has 29 heavy (non-hydrogen) atoms. The van der Waals surface area contributed by atoms with Crippen LogP contribution in [0.15, 0.2) is 48.7 Å². The lowest BCUT2D eigenvalue weighted by molar-refractivity contribution is -0.137. The summed E-state index contributed by atoms with van der Waals surface area (Å²) in [4.78, 5) is 23.5. The van der Waals surface area contributed by atoms with Crippen molar-refractivity contribution < 1.29 is 14.7 Å². The highest BCUT2D eigenvalue weighted by molar-refractivity contribution is 6.30. The third-order valence-electron chi connectivity index (χ3n) is 4.97. The zero-order valence-corrected chi connectivity index (χ0v) is 17.0. The van der Waals surface area contributed by atoms with E-state index < -0.39 is 5.97 Å². The van der Waals surface area contributed by atoms with Gasteiger partial charge in [-0.3, -0.25) is 14.3 Å². The second-order valence-corrected chi connectivity index (χ2v) is 7.57. The van der Waals surface area contributed by atoms with Crippen LogP contribution in [-0.2, 0) is 16.1 Å². The van der Waals surface area contributed by atoms with Crippen molar-refractivity contribution in [3.8, 4) is 0 Å². The zero-order valence-electron chi connectivity index (χ0n) is 16.3. The molecule has 1 aromatic heterocycles. The summed E-state index contributed by atoms with van der Waals surface area (Å²) in [6, 6.07) is 13.1. The summed E-state index contributed by atoms with van der Waals surface area (Å²) < 4.78 is 1.94. The van der Waals surface area contributed by atoms with E-state index in [1.807, 2.05) is 23.0 Å². The van der Waals surface area contributed by atoms with Gasteiger partial charge in [-0.15, -0.1) is 0 Å².